The second kappa shape index (κ2) is 7.95. The highest BCUT2D eigenvalue weighted by atomic mass is 35.5. The number of hydrogen-bond acceptors (Lipinski definition) is 5. The van der Waals surface area contributed by atoms with Crippen LogP contribution < -0.4 is 5.32 Å². The Balaban J connectivity index is 1.47. The molecule has 2 aromatic heterocycles. The van der Waals surface area contributed by atoms with Crippen molar-refractivity contribution in [3.8, 4) is 0 Å². The third-order valence-corrected chi connectivity index (χ3v) is 4.84. The van der Waals surface area contributed by atoms with Crippen molar-refractivity contribution in [2.24, 2.45) is 0 Å². The minimum absolute atomic E-state index is 0.283. The number of benzene rings is 1. The minimum Gasteiger partial charge on any atom is -0.314 e. The summed E-state index contributed by atoms with van der Waals surface area (Å²) in [7, 11) is 0. The van der Waals surface area contributed by atoms with Crippen molar-refractivity contribution in [3.63, 3.8) is 0 Å². The minimum atomic E-state index is 0.283. The van der Waals surface area contributed by atoms with Crippen molar-refractivity contribution in [2.75, 3.05) is 19.6 Å². The average molecular weight is 369 g/mol. The summed E-state index contributed by atoms with van der Waals surface area (Å²) in [5, 5.41) is 12.9. The lowest BCUT2D eigenvalue weighted by Crippen LogP contribution is -2.45. The molecule has 1 aromatic carbocycles. The van der Waals surface area contributed by atoms with Gasteiger partial charge in [-0.3, -0.25) is 9.88 Å². The molecular formula is C19H21ClN6. The van der Waals surface area contributed by atoms with Crippen molar-refractivity contribution in [1.29, 1.82) is 0 Å². The van der Waals surface area contributed by atoms with E-state index in [1.54, 1.807) is 6.20 Å². The van der Waals surface area contributed by atoms with Crippen LogP contribution in [-0.4, -0.2) is 44.5 Å². The Morgan fingerprint density at radius 1 is 1.19 bits per heavy atom. The van der Waals surface area contributed by atoms with E-state index in [0.29, 0.717) is 6.54 Å². The van der Waals surface area contributed by atoms with E-state index >= 15 is 0 Å². The quantitative estimate of drug-likeness (QED) is 0.750. The molecule has 1 atom stereocenters. The van der Waals surface area contributed by atoms with E-state index in [1.165, 1.54) is 5.56 Å². The molecule has 0 spiro atoms. The van der Waals surface area contributed by atoms with Crippen molar-refractivity contribution in [1.82, 2.24) is 30.2 Å². The lowest BCUT2D eigenvalue weighted by molar-refractivity contribution is 0.152. The van der Waals surface area contributed by atoms with Gasteiger partial charge in [0.1, 0.15) is 0 Å². The molecule has 0 aliphatic carbocycles. The third kappa shape index (κ3) is 4.09. The Kier molecular flexibility index (Phi) is 5.24. The van der Waals surface area contributed by atoms with Gasteiger partial charge in [0, 0.05) is 49.6 Å². The normalized spacial score (nSPS) is 18.1. The SMILES string of the molecule is Clc1cccc(C2CNCCN2Cc2cn(Cc3cccnc3)nn2)c1. The molecule has 1 unspecified atom stereocenters. The molecule has 7 heteroatoms. The van der Waals surface area contributed by atoms with Gasteiger partial charge in [0.05, 0.1) is 18.4 Å². The second-order valence-corrected chi connectivity index (χ2v) is 6.95. The molecule has 1 N–H and O–H groups in total. The van der Waals surface area contributed by atoms with E-state index in [-0.39, 0.29) is 6.04 Å². The highest BCUT2D eigenvalue weighted by Gasteiger charge is 2.24. The van der Waals surface area contributed by atoms with Crippen LogP contribution in [0, 0.1) is 0 Å². The van der Waals surface area contributed by atoms with E-state index in [1.807, 2.05) is 47.4 Å². The first-order valence-electron chi connectivity index (χ1n) is 8.76. The molecule has 0 bridgehead atoms. The first-order chi connectivity index (χ1) is 12.8. The maximum Gasteiger partial charge on any atom is 0.0967 e. The van der Waals surface area contributed by atoms with E-state index in [9.17, 15) is 0 Å². The topological polar surface area (TPSA) is 58.9 Å². The standard InChI is InChI=1S/C19H21ClN6/c20-17-5-1-4-16(9-17)19-11-22-7-8-25(19)13-18-14-26(24-23-18)12-15-3-2-6-21-10-15/h1-6,9-10,14,19,22H,7-8,11-13H2. The fraction of sp³-hybridized carbons (Fsp3) is 0.316. The molecule has 1 aliphatic rings. The Labute approximate surface area is 157 Å². The van der Waals surface area contributed by atoms with Gasteiger partial charge < -0.3 is 5.32 Å². The summed E-state index contributed by atoms with van der Waals surface area (Å²) in [6.07, 6.45) is 5.65. The lowest BCUT2D eigenvalue weighted by atomic mass is 10.0. The summed E-state index contributed by atoms with van der Waals surface area (Å²) in [5.41, 5.74) is 3.32. The molecule has 0 amide bonds. The number of halogens is 1. The van der Waals surface area contributed by atoms with Crippen LogP contribution in [0.1, 0.15) is 22.9 Å². The van der Waals surface area contributed by atoms with Crippen LogP contribution >= 0.6 is 11.6 Å². The summed E-state index contributed by atoms with van der Waals surface area (Å²) in [5.74, 6) is 0. The van der Waals surface area contributed by atoms with Crippen molar-refractivity contribution in [3.05, 3.63) is 76.8 Å². The van der Waals surface area contributed by atoms with Crippen LogP contribution in [0.5, 0.6) is 0 Å². The smallest absolute Gasteiger partial charge is 0.0967 e. The Hall–Kier alpha value is -2.28. The summed E-state index contributed by atoms with van der Waals surface area (Å²) >= 11 is 6.18. The van der Waals surface area contributed by atoms with Crippen LogP contribution in [0.3, 0.4) is 0 Å². The van der Waals surface area contributed by atoms with Crippen molar-refractivity contribution < 1.29 is 0 Å². The molecule has 3 aromatic rings. The van der Waals surface area contributed by atoms with Gasteiger partial charge >= 0.3 is 0 Å². The van der Waals surface area contributed by atoms with E-state index in [2.05, 4.69) is 31.6 Å². The molecule has 1 saturated heterocycles. The number of hydrogen-bond donors (Lipinski definition) is 1. The van der Waals surface area contributed by atoms with Gasteiger partial charge in [0.25, 0.3) is 0 Å². The van der Waals surface area contributed by atoms with Crippen LogP contribution in [-0.2, 0) is 13.1 Å². The molecule has 6 nitrogen and oxygen atoms in total. The van der Waals surface area contributed by atoms with Crippen LogP contribution in [0.4, 0.5) is 0 Å². The Morgan fingerprint density at radius 3 is 3.00 bits per heavy atom. The van der Waals surface area contributed by atoms with Gasteiger partial charge in [-0.15, -0.1) is 5.10 Å². The molecule has 4 rings (SSSR count). The van der Waals surface area contributed by atoms with E-state index in [0.717, 1.165) is 42.5 Å². The van der Waals surface area contributed by atoms with Crippen LogP contribution in [0.25, 0.3) is 0 Å². The van der Waals surface area contributed by atoms with Gasteiger partial charge in [-0.2, -0.15) is 0 Å². The van der Waals surface area contributed by atoms with E-state index in [4.69, 9.17) is 11.6 Å². The Morgan fingerprint density at radius 2 is 2.15 bits per heavy atom. The Bertz CT molecular complexity index is 850. The molecule has 134 valence electrons. The zero-order valence-corrected chi connectivity index (χ0v) is 15.2. The number of nitrogens with zero attached hydrogens (tertiary/aromatic N) is 5. The van der Waals surface area contributed by atoms with Gasteiger partial charge in [-0.05, 0) is 29.3 Å². The van der Waals surface area contributed by atoms with E-state index < -0.39 is 0 Å². The average Bonchev–Trinajstić information content (AvgIpc) is 3.10. The largest absolute Gasteiger partial charge is 0.314 e. The molecule has 1 fully saturated rings. The maximum absolute atomic E-state index is 6.18. The third-order valence-electron chi connectivity index (χ3n) is 4.61. The fourth-order valence-electron chi connectivity index (χ4n) is 3.35. The first kappa shape index (κ1) is 17.1. The number of pyridine rings is 1. The molecular weight excluding hydrogens is 348 g/mol. The predicted octanol–water partition coefficient (Wildman–Crippen LogP) is 2.52. The van der Waals surface area contributed by atoms with Crippen molar-refractivity contribution in [2.45, 2.75) is 19.1 Å². The summed E-state index contributed by atoms with van der Waals surface area (Å²) in [6.45, 7) is 4.30. The van der Waals surface area contributed by atoms with Gasteiger partial charge in [-0.25, -0.2) is 4.68 Å². The van der Waals surface area contributed by atoms with Crippen LogP contribution in [0.2, 0.25) is 5.02 Å². The molecule has 1 aliphatic heterocycles. The fourth-order valence-corrected chi connectivity index (χ4v) is 3.55. The number of nitrogens with one attached hydrogen (secondary N) is 1. The zero-order valence-electron chi connectivity index (χ0n) is 14.4. The van der Waals surface area contributed by atoms with Gasteiger partial charge in [-0.1, -0.05) is 35.0 Å². The predicted molar refractivity (Wildman–Crippen MR) is 101 cm³/mol. The molecule has 3 heterocycles. The van der Waals surface area contributed by atoms with Gasteiger partial charge in [0.15, 0.2) is 0 Å². The molecule has 0 radical (unpaired) electrons. The molecule has 26 heavy (non-hydrogen) atoms. The number of aromatic nitrogens is 4. The lowest BCUT2D eigenvalue weighted by Gasteiger charge is -2.36. The number of piperazine rings is 1. The van der Waals surface area contributed by atoms with Crippen LogP contribution in [0.15, 0.2) is 55.0 Å². The zero-order chi connectivity index (χ0) is 17.8. The first-order valence-corrected chi connectivity index (χ1v) is 9.14. The monoisotopic (exact) mass is 368 g/mol. The molecule has 0 saturated carbocycles. The maximum atomic E-state index is 6.18. The number of rotatable bonds is 5. The highest BCUT2D eigenvalue weighted by Crippen LogP contribution is 2.25. The highest BCUT2D eigenvalue weighted by molar-refractivity contribution is 6.30. The second-order valence-electron chi connectivity index (χ2n) is 6.51. The summed E-state index contributed by atoms with van der Waals surface area (Å²) in [4.78, 5) is 6.58. The summed E-state index contributed by atoms with van der Waals surface area (Å²) in [6, 6.07) is 12.4. The van der Waals surface area contributed by atoms with Crippen molar-refractivity contribution >= 4 is 11.6 Å². The van der Waals surface area contributed by atoms with Gasteiger partial charge in [0.2, 0.25) is 0 Å². The summed E-state index contributed by atoms with van der Waals surface area (Å²) < 4.78 is 1.86.